The number of benzene rings is 3. The highest BCUT2D eigenvalue weighted by atomic mass is 35.5. The van der Waals surface area contributed by atoms with Crippen LogP contribution in [-0.4, -0.2) is 18.8 Å². The van der Waals surface area contributed by atoms with Crippen LogP contribution in [0.3, 0.4) is 0 Å². The van der Waals surface area contributed by atoms with Gasteiger partial charge in [-0.25, -0.2) is 9.18 Å². The Bertz CT molecular complexity index is 1180. The summed E-state index contributed by atoms with van der Waals surface area (Å²) in [6.07, 6.45) is 17.4. The van der Waals surface area contributed by atoms with Gasteiger partial charge < -0.3 is 9.47 Å². The third-order valence-corrected chi connectivity index (χ3v) is 7.00. The molecule has 0 saturated heterocycles. The second-order valence-electron chi connectivity index (χ2n) is 10.1. The predicted octanol–water partition coefficient (Wildman–Crippen LogP) is 10.5. The number of ether oxygens (including phenoxy) is 2. The smallest absolute Gasteiger partial charge is 0.343 e. The third-order valence-electron chi connectivity index (χ3n) is 6.71. The second-order valence-corrected chi connectivity index (χ2v) is 10.5. The number of aliphatic imine (C=N–C) groups is 1. The van der Waals surface area contributed by atoms with Crippen molar-refractivity contribution in [2.45, 2.75) is 84.0 Å². The first-order valence-corrected chi connectivity index (χ1v) is 15.0. The Hall–Kier alpha value is -3.18. The lowest BCUT2D eigenvalue weighted by Crippen LogP contribution is -2.08. The Balaban J connectivity index is 1.29. The summed E-state index contributed by atoms with van der Waals surface area (Å²) in [5, 5.41) is 0.0242. The Kier molecular flexibility index (Phi) is 14.3. The van der Waals surface area contributed by atoms with Crippen molar-refractivity contribution in [1.82, 2.24) is 0 Å². The van der Waals surface area contributed by atoms with Crippen LogP contribution in [0.5, 0.6) is 11.5 Å². The fourth-order valence-corrected chi connectivity index (χ4v) is 4.50. The van der Waals surface area contributed by atoms with Gasteiger partial charge >= 0.3 is 5.97 Å². The normalized spacial score (nSPS) is 11.2. The summed E-state index contributed by atoms with van der Waals surface area (Å²) in [6.45, 7) is 2.95. The van der Waals surface area contributed by atoms with E-state index in [0.29, 0.717) is 23.6 Å². The number of carbonyl (C=O) groups is 1. The minimum atomic E-state index is -0.483. The first-order valence-electron chi connectivity index (χ1n) is 14.6. The van der Waals surface area contributed by atoms with Gasteiger partial charge in [0.2, 0.25) is 0 Å². The molecular weight excluding hydrogens is 525 g/mol. The van der Waals surface area contributed by atoms with E-state index in [-0.39, 0.29) is 5.02 Å². The van der Waals surface area contributed by atoms with Crippen molar-refractivity contribution in [2.24, 2.45) is 4.99 Å². The lowest BCUT2D eigenvalue weighted by Gasteiger charge is -2.08. The lowest BCUT2D eigenvalue weighted by molar-refractivity contribution is 0.0734. The quantitative estimate of drug-likeness (QED) is 0.0666. The summed E-state index contributed by atoms with van der Waals surface area (Å²) >= 11 is 5.79. The highest BCUT2D eigenvalue weighted by Gasteiger charge is 2.09. The van der Waals surface area contributed by atoms with Gasteiger partial charge in [-0.05, 0) is 78.7 Å². The summed E-state index contributed by atoms with van der Waals surface area (Å²) in [5.41, 5.74) is 1.80. The molecule has 4 nitrogen and oxygen atoms in total. The molecule has 0 aliphatic carbocycles. The molecule has 0 fully saturated rings. The van der Waals surface area contributed by atoms with E-state index in [0.717, 1.165) is 17.7 Å². The molecular formula is C34H41ClFNO3. The monoisotopic (exact) mass is 565 g/mol. The third kappa shape index (κ3) is 11.9. The molecule has 0 amide bonds. The van der Waals surface area contributed by atoms with Gasteiger partial charge in [0.25, 0.3) is 0 Å². The van der Waals surface area contributed by atoms with E-state index in [4.69, 9.17) is 21.1 Å². The van der Waals surface area contributed by atoms with Crippen LogP contribution in [-0.2, 0) is 0 Å². The fraction of sp³-hybridized carbons (Fsp3) is 0.412. The van der Waals surface area contributed by atoms with Crippen LogP contribution in [0, 0.1) is 5.82 Å². The number of nitrogens with zero attached hydrogens (tertiary/aromatic N) is 1. The van der Waals surface area contributed by atoms with E-state index < -0.39 is 11.8 Å². The fourth-order valence-electron chi connectivity index (χ4n) is 4.32. The van der Waals surface area contributed by atoms with Gasteiger partial charge in [-0.2, -0.15) is 0 Å². The van der Waals surface area contributed by atoms with Crippen molar-refractivity contribution < 1.29 is 18.7 Å². The highest BCUT2D eigenvalue weighted by molar-refractivity contribution is 6.31. The van der Waals surface area contributed by atoms with Crippen molar-refractivity contribution in [3.8, 4) is 11.5 Å². The summed E-state index contributed by atoms with van der Waals surface area (Å²) in [6, 6.07) is 18.3. The van der Waals surface area contributed by atoms with Gasteiger partial charge in [0.05, 0.1) is 22.9 Å². The van der Waals surface area contributed by atoms with Crippen LogP contribution in [0.25, 0.3) is 0 Å². The zero-order valence-electron chi connectivity index (χ0n) is 23.5. The number of carbonyl (C=O) groups excluding carboxylic acids is 1. The van der Waals surface area contributed by atoms with E-state index >= 15 is 0 Å². The van der Waals surface area contributed by atoms with Crippen LogP contribution >= 0.6 is 11.6 Å². The first kappa shape index (κ1) is 31.3. The van der Waals surface area contributed by atoms with Crippen molar-refractivity contribution in [2.75, 3.05) is 6.61 Å². The van der Waals surface area contributed by atoms with Crippen LogP contribution < -0.4 is 9.47 Å². The maximum absolute atomic E-state index is 13.3. The van der Waals surface area contributed by atoms with Crippen molar-refractivity contribution >= 4 is 29.5 Å². The molecule has 3 rings (SSSR count). The zero-order valence-corrected chi connectivity index (χ0v) is 24.3. The summed E-state index contributed by atoms with van der Waals surface area (Å²) in [4.78, 5) is 16.8. The van der Waals surface area contributed by atoms with Crippen LogP contribution in [0.15, 0.2) is 71.7 Å². The van der Waals surface area contributed by atoms with Crippen molar-refractivity contribution in [3.05, 3.63) is 88.7 Å². The molecule has 0 radical (unpaired) electrons. The van der Waals surface area contributed by atoms with Crippen LogP contribution in [0.4, 0.5) is 10.1 Å². The number of unbranched alkanes of at least 4 members (excludes halogenated alkanes) is 11. The maximum atomic E-state index is 13.3. The van der Waals surface area contributed by atoms with Crippen LogP contribution in [0.2, 0.25) is 5.02 Å². The van der Waals surface area contributed by atoms with E-state index in [2.05, 4.69) is 11.9 Å². The minimum absolute atomic E-state index is 0.0242. The standard InChI is InChI=1S/C34H41ClFNO3/c1-2-3-4-5-6-7-8-9-10-11-12-13-24-39-30-21-16-28(17-22-30)34(38)40-31-19-14-27(15-20-31)26-37-29-18-23-33(36)32(35)25-29/h14-23,25-26H,2-13,24H2,1H3. The number of halogens is 2. The number of hydrogen-bond donors (Lipinski definition) is 0. The molecule has 3 aromatic carbocycles. The Morgan fingerprint density at radius 2 is 1.35 bits per heavy atom. The topological polar surface area (TPSA) is 47.9 Å². The number of hydrogen-bond acceptors (Lipinski definition) is 4. The van der Waals surface area contributed by atoms with Crippen molar-refractivity contribution in [1.29, 1.82) is 0 Å². The molecule has 0 saturated carbocycles. The summed E-state index contributed by atoms with van der Waals surface area (Å²) in [5.74, 6) is 0.267. The molecule has 0 heterocycles. The van der Waals surface area contributed by atoms with Gasteiger partial charge in [0.15, 0.2) is 0 Å². The van der Waals surface area contributed by atoms with Crippen LogP contribution in [0.1, 0.15) is 99.9 Å². The molecule has 0 aliphatic heterocycles. The Labute approximate surface area is 243 Å². The molecule has 40 heavy (non-hydrogen) atoms. The molecule has 0 aromatic heterocycles. The summed E-state index contributed by atoms with van der Waals surface area (Å²) in [7, 11) is 0. The van der Waals surface area contributed by atoms with Gasteiger partial charge in [-0.3, -0.25) is 4.99 Å². The van der Waals surface area contributed by atoms with Gasteiger partial charge in [0.1, 0.15) is 17.3 Å². The van der Waals surface area contributed by atoms with E-state index in [9.17, 15) is 9.18 Å². The van der Waals surface area contributed by atoms with E-state index in [1.54, 1.807) is 60.8 Å². The zero-order chi connectivity index (χ0) is 28.4. The Morgan fingerprint density at radius 1 is 0.775 bits per heavy atom. The Morgan fingerprint density at radius 3 is 1.95 bits per heavy atom. The lowest BCUT2D eigenvalue weighted by atomic mass is 10.1. The van der Waals surface area contributed by atoms with Gasteiger partial charge in [0, 0.05) is 6.21 Å². The molecule has 0 bridgehead atoms. The second kappa shape index (κ2) is 18.2. The van der Waals surface area contributed by atoms with Gasteiger partial charge in [-0.15, -0.1) is 0 Å². The van der Waals surface area contributed by atoms with Gasteiger partial charge in [-0.1, -0.05) is 89.2 Å². The maximum Gasteiger partial charge on any atom is 0.343 e. The molecule has 0 aliphatic rings. The highest BCUT2D eigenvalue weighted by Crippen LogP contribution is 2.22. The molecule has 0 spiro atoms. The molecule has 6 heteroatoms. The number of esters is 1. The molecule has 3 aromatic rings. The summed E-state index contributed by atoms with van der Waals surface area (Å²) < 4.78 is 24.6. The SMILES string of the molecule is CCCCCCCCCCCCCCOc1ccc(C(=O)Oc2ccc(C=Nc3ccc(F)c(Cl)c3)cc2)cc1. The molecule has 0 atom stereocenters. The average molecular weight is 566 g/mol. The predicted molar refractivity (Wildman–Crippen MR) is 163 cm³/mol. The van der Waals surface area contributed by atoms with E-state index in [1.807, 2.05) is 0 Å². The van der Waals surface area contributed by atoms with E-state index in [1.165, 1.54) is 82.8 Å². The largest absolute Gasteiger partial charge is 0.494 e. The first-order chi connectivity index (χ1) is 19.5. The number of rotatable bonds is 18. The van der Waals surface area contributed by atoms with Crippen molar-refractivity contribution in [3.63, 3.8) is 0 Å². The molecule has 0 unspecified atom stereocenters. The molecule has 0 N–H and O–H groups in total. The average Bonchev–Trinajstić information content (AvgIpc) is 2.97. The molecule has 214 valence electrons. The minimum Gasteiger partial charge on any atom is -0.494 e.